The lowest BCUT2D eigenvalue weighted by Crippen LogP contribution is -2.31. The van der Waals surface area contributed by atoms with Crippen LogP contribution in [0, 0.1) is 5.92 Å². The van der Waals surface area contributed by atoms with Crippen LogP contribution in [0.25, 0.3) is 0 Å². The molecule has 1 heterocycles. The fraction of sp³-hybridized carbons (Fsp3) is 0.688. The molecule has 1 atom stereocenters. The molecule has 1 aliphatic carbocycles. The summed E-state index contributed by atoms with van der Waals surface area (Å²) in [6.45, 7) is 1.26. The number of aromatic nitrogens is 1. The van der Waals surface area contributed by atoms with Gasteiger partial charge in [0.05, 0.1) is 11.7 Å². The second-order valence-electron chi connectivity index (χ2n) is 5.52. The maximum Gasteiger partial charge on any atom is 0.0576 e. The molecule has 3 nitrogen and oxygen atoms in total. The second-order valence-corrected chi connectivity index (χ2v) is 5.52. The quantitative estimate of drug-likeness (QED) is 0.742. The lowest BCUT2D eigenvalue weighted by molar-refractivity contribution is 0.257. The van der Waals surface area contributed by atoms with Crippen molar-refractivity contribution >= 4 is 0 Å². The van der Waals surface area contributed by atoms with Crippen molar-refractivity contribution < 1.29 is 5.11 Å². The molecule has 1 aliphatic rings. The Morgan fingerprint density at radius 3 is 2.74 bits per heavy atom. The van der Waals surface area contributed by atoms with Crippen molar-refractivity contribution in [2.24, 2.45) is 5.92 Å². The van der Waals surface area contributed by atoms with E-state index >= 15 is 0 Å². The van der Waals surface area contributed by atoms with Crippen LogP contribution in [0.3, 0.4) is 0 Å². The highest BCUT2D eigenvalue weighted by atomic mass is 16.2. The smallest absolute Gasteiger partial charge is 0.0576 e. The van der Waals surface area contributed by atoms with E-state index in [-0.39, 0.29) is 0 Å². The van der Waals surface area contributed by atoms with E-state index in [0.29, 0.717) is 12.6 Å². The molecule has 1 saturated carbocycles. The third kappa shape index (κ3) is 4.59. The number of unbranched alkanes of at least 4 members (excludes halogenated alkanes) is 1. The van der Waals surface area contributed by atoms with Gasteiger partial charge in [-0.25, -0.2) is 0 Å². The first kappa shape index (κ1) is 14.5. The van der Waals surface area contributed by atoms with Crippen molar-refractivity contribution in [3.63, 3.8) is 0 Å². The molecule has 1 unspecified atom stereocenters. The van der Waals surface area contributed by atoms with Gasteiger partial charge in [-0.05, 0) is 50.3 Å². The van der Waals surface area contributed by atoms with Gasteiger partial charge in [0.1, 0.15) is 0 Å². The van der Waals surface area contributed by atoms with Crippen molar-refractivity contribution in [2.45, 2.75) is 51.0 Å². The number of nitrogens with one attached hydrogen (secondary N) is 1. The topological polar surface area (TPSA) is 45.1 Å². The van der Waals surface area contributed by atoms with Gasteiger partial charge in [-0.15, -0.1) is 0 Å². The molecule has 0 amide bonds. The van der Waals surface area contributed by atoms with E-state index in [4.69, 9.17) is 5.11 Å². The predicted octanol–water partition coefficient (Wildman–Crippen LogP) is 3.07. The summed E-state index contributed by atoms with van der Waals surface area (Å²) >= 11 is 0. The average molecular weight is 262 g/mol. The summed E-state index contributed by atoms with van der Waals surface area (Å²) in [6, 6.07) is 6.58. The van der Waals surface area contributed by atoms with Gasteiger partial charge in [0.15, 0.2) is 0 Å². The highest BCUT2D eigenvalue weighted by molar-refractivity contribution is 5.10. The zero-order valence-corrected chi connectivity index (χ0v) is 11.7. The van der Waals surface area contributed by atoms with Gasteiger partial charge in [-0.3, -0.25) is 4.98 Å². The Hall–Kier alpha value is -0.930. The minimum Gasteiger partial charge on any atom is -0.396 e. The normalized spacial score (nSPS) is 18.4. The number of aliphatic hydroxyl groups is 1. The maximum atomic E-state index is 8.86. The molecule has 0 aliphatic heterocycles. The van der Waals surface area contributed by atoms with E-state index in [1.54, 1.807) is 0 Å². The minimum absolute atomic E-state index is 0.291. The van der Waals surface area contributed by atoms with Crippen LogP contribution in [0.4, 0.5) is 0 Å². The van der Waals surface area contributed by atoms with E-state index in [1.165, 1.54) is 37.8 Å². The Bertz CT molecular complexity index is 336. The van der Waals surface area contributed by atoms with Crippen LogP contribution in [0.2, 0.25) is 0 Å². The largest absolute Gasteiger partial charge is 0.396 e. The summed E-state index contributed by atoms with van der Waals surface area (Å²) in [5.41, 5.74) is 1.18. The molecule has 1 fully saturated rings. The molecule has 0 spiro atoms. The molecule has 1 aromatic rings. The van der Waals surface area contributed by atoms with E-state index in [0.717, 1.165) is 25.3 Å². The van der Waals surface area contributed by atoms with E-state index in [2.05, 4.69) is 22.4 Å². The molecular formula is C16H26N2O. The first-order valence-corrected chi connectivity index (χ1v) is 7.67. The van der Waals surface area contributed by atoms with E-state index in [9.17, 15) is 0 Å². The average Bonchev–Trinajstić information content (AvgIpc) is 2.49. The van der Waals surface area contributed by atoms with Gasteiger partial charge >= 0.3 is 0 Å². The Morgan fingerprint density at radius 2 is 2.05 bits per heavy atom. The monoisotopic (exact) mass is 262 g/mol. The summed E-state index contributed by atoms with van der Waals surface area (Å²) < 4.78 is 0. The van der Waals surface area contributed by atoms with Crippen LogP contribution < -0.4 is 5.32 Å². The highest BCUT2D eigenvalue weighted by Crippen LogP contribution is 2.33. The highest BCUT2D eigenvalue weighted by Gasteiger charge is 2.25. The molecule has 3 heteroatoms. The summed E-state index contributed by atoms with van der Waals surface area (Å²) in [5.74, 6) is 0.720. The Balaban J connectivity index is 1.96. The van der Waals surface area contributed by atoms with Gasteiger partial charge in [0.2, 0.25) is 0 Å². The zero-order chi connectivity index (χ0) is 13.3. The van der Waals surface area contributed by atoms with Crippen molar-refractivity contribution in [1.82, 2.24) is 10.3 Å². The predicted molar refractivity (Wildman–Crippen MR) is 77.9 cm³/mol. The molecule has 0 radical (unpaired) electrons. The first-order chi connectivity index (χ1) is 9.42. The van der Waals surface area contributed by atoms with E-state index in [1.807, 2.05) is 12.3 Å². The number of nitrogens with zero attached hydrogens (tertiary/aromatic N) is 1. The van der Waals surface area contributed by atoms with Gasteiger partial charge in [0.25, 0.3) is 0 Å². The maximum absolute atomic E-state index is 8.86. The molecular weight excluding hydrogens is 236 g/mol. The van der Waals surface area contributed by atoms with Crippen LogP contribution in [0.5, 0.6) is 0 Å². The first-order valence-electron chi connectivity index (χ1n) is 7.67. The number of aliphatic hydroxyl groups excluding tert-OH is 1. The van der Waals surface area contributed by atoms with Crippen LogP contribution in [-0.4, -0.2) is 23.2 Å². The Kier molecular flexibility index (Phi) is 6.31. The summed E-state index contributed by atoms with van der Waals surface area (Å²) in [7, 11) is 0. The Morgan fingerprint density at radius 1 is 1.21 bits per heavy atom. The summed E-state index contributed by atoms with van der Waals surface area (Å²) in [4.78, 5) is 4.54. The minimum atomic E-state index is 0.291. The summed E-state index contributed by atoms with van der Waals surface area (Å²) in [6.07, 6.45) is 10.5. The van der Waals surface area contributed by atoms with Crippen molar-refractivity contribution in [3.8, 4) is 0 Å². The number of hydrogen-bond donors (Lipinski definition) is 2. The van der Waals surface area contributed by atoms with Crippen molar-refractivity contribution in [1.29, 1.82) is 0 Å². The molecule has 0 saturated heterocycles. The summed E-state index contributed by atoms with van der Waals surface area (Å²) in [5, 5.41) is 12.5. The van der Waals surface area contributed by atoms with Crippen LogP contribution >= 0.6 is 0 Å². The van der Waals surface area contributed by atoms with E-state index < -0.39 is 0 Å². The molecule has 0 bridgehead atoms. The molecule has 19 heavy (non-hydrogen) atoms. The molecule has 1 aromatic heterocycles. The van der Waals surface area contributed by atoms with Crippen molar-refractivity contribution in [2.75, 3.05) is 13.2 Å². The van der Waals surface area contributed by atoms with Gasteiger partial charge in [0, 0.05) is 12.8 Å². The van der Waals surface area contributed by atoms with Crippen LogP contribution in [-0.2, 0) is 0 Å². The standard InChI is InChI=1S/C16H26N2O/c19-13-7-6-12-18-16(14-8-2-1-3-9-14)15-10-4-5-11-17-15/h4-5,10-11,14,16,18-19H,1-3,6-9,12-13H2. The molecule has 106 valence electrons. The third-order valence-electron chi connectivity index (χ3n) is 4.08. The van der Waals surface area contributed by atoms with Crippen LogP contribution in [0.15, 0.2) is 24.4 Å². The van der Waals surface area contributed by atoms with Crippen LogP contribution in [0.1, 0.15) is 56.7 Å². The SMILES string of the molecule is OCCCCNC(c1ccccn1)C1CCCCC1. The zero-order valence-electron chi connectivity index (χ0n) is 11.7. The fourth-order valence-electron chi connectivity index (χ4n) is 3.03. The lowest BCUT2D eigenvalue weighted by Gasteiger charge is -2.30. The Labute approximate surface area is 116 Å². The van der Waals surface area contributed by atoms with Gasteiger partial charge in [-0.1, -0.05) is 25.3 Å². The fourth-order valence-corrected chi connectivity index (χ4v) is 3.03. The number of hydrogen-bond acceptors (Lipinski definition) is 3. The number of rotatable bonds is 7. The van der Waals surface area contributed by atoms with Gasteiger partial charge in [-0.2, -0.15) is 0 Å². The number of pyridine rings is 1. The third-order valence-corrected chi connectivity index (χ3v) is 4.08. The van der Waals surface area contributed by atoms with Gasteiger partial charge < -0.3 is 10.4 Å². The lowest BCUT2D eigenvalue weighted by atomic mass is 9.82. The molecule has 2 N–H and O–H groups in total. The van der Waals surface area contributed by atoms with Crippen molar-refractivity contribution in [3.05, 3.63) is 30.1 Å². The molecule has 0 aromatic carbocycles. The second kappa shape index (κ2) is 8.28. The molecule has 2 rings (SSSR count).